The molecular weight excluding hydrogens is 324 g/mol. The first kappa shape index (κ1) is 18.2. The quantitative estimate of drug-likeness (QED) is 0.873. The first-order valence-corrected chi connectivity index (χ1v) is 9.14. The van der Waals surface area contributed by atoms with Crippen LogP contribution in [0.1, 0.15) is 47.3 Å². The third-order valence-corrected chi connectivity index (χ3v) is 5.09. The fourth-order valence-corrected chi connectivity index (χ4v) is 3.45. The largest absolute Gasteiger partial charge is 0.324 e. The molecule has 2 aromatic carbocycles. The maximum atomic E-state index is 13.1. The molecule has 0 bridgehead atoms. The fraction of sp³-hybridized carbons (Fsp3) is 0.364. The number of hydrogen-bond acceptors (Lipinski definition) is 2. The zero-order chi connectivity index (χ0) is 18.8. The summed E-state index contributed by atoms with van der Waals surface area (Å²) in [5.74, 6) is 0.136. The minimum atomic E-state index is -0.477. The maximum Gasteiger partial charge on any atom is 0.255 e. The highest BCUT2D eigenvalue weighted by molar-refractivity contribution is 6.03. The van der Waals surface area contributed by atoms with Crippen molar-refractivity contribution in [3.05, 3.63) is 64.7 Å². The normalized spacial score (nSPS) is 14.5. The van der Waals surface area contributed by atoms with Crippen molar-refractivity contribution in [2.75, 3.05) is 5.32 Å². The Bertz CT molecular complexity index is 842. The first-order valence-electron chi connectivity index (χ1n) is 9.14. The van der Waals surface area contributed by atoms with Gasteiger partial charge in [-0.1, -0.05) is 44.2 Å². The summed E-state index contributed by atoms with van der Waals surface area (Å²) < 4.78 is 0. The van der Waals surface area contributed by atoms with Crippen molar-refractivity contribution in [2.24, 2.45) is 5.92 Å². The summed E-state index contributed by atoms with van der Waals surface area (Å²) in [5, 5.41) is 3.05. The van der Waals surface area contributed by atoms with Gasteiger partial charge in [0.15, 0.2) is 0 Å². The highest BCUT2D eigenvalue weighted by Crippen LogP contribution is 2.28. The van der Waals surface area contributed by atoms with Crippen LogP contribution in [0.3, 0.4) is 0 Å². The lowest BCUT2D eigenvalue weighted by Crippen LogP contribution is -2.45. The van der Waals surface area contributed by atoms with Crippen LogP contribution in [0.2, 0.25) is 0 Å². The Balaban J connectivity index is 1.86. The van der Waals surface area contributed by atoms with Crippen molar-refractivity contribution in [1.29, 1.82) is 0 Å². The SMILES string of the molecule is Cc1cccc(NC(=O)[C@@H](CC(C)C)N2Cc3ccccc3C2=O)c1C. The van der Waals surface area contributed by atoms with Crippen molar-refractivity contribution in [3.8, 4) is 0 Å². The molecule has 1 N–H and O–H groups in total. The van der Waals surface area contributed by atoms with E-state index in [1.807, 2.05) is 56.3 Å². The number of amides is 2. The molecule has 4 nitrogen and oxygen atoms in total. The van der Waals surface area contributed by atoms with E-state index in [1.165, 1.54) is 0 Å². The van der Waals surface area contributed by atoms with Crippen molar-refractivity contribution in [2.45, 2.75) is 46.7 Å². The number of aryl methyl sites for hydroxylation is 1. The van der Waals surface area contributed by atoms with Gasteiger partial charge in [-0.25, -0.2) is 0 Å². The van der Waals surface area contributed by atoms with Gasteiger partial charge in [-0.3, -0.25) is 9.59 Å². The molecule has 1 atom stereocenters. The van der Waals surface area contributed by atoms with E-state index in [2.05, 4.69) is 19.2 Å². The van der Waals surface area contributed by atoms with Crippen molar-refractivity contribution >= 4 is 17.5 Å². The van der Waals surface area contributed by atoms with Crippen molar-refractivity contribution in [3.63, 3.8) is 0 Å². The van der Waals surface area contributed by atoms with Crippen LogP contribution in [0.25, 0.3) is 0 Å². The monoisotopic (exact) mass is 350 g/mol. The number of benzene rings is 2. The minimum Gasteiger partial charge on any atom is -0.324 e. The van der Waals surface area contributed by atoms with Gasteiger partial charge >= 0.3 is 0 Å². The lowest BCUT2D eigenvalue weighted by atomic mass is 10.0. The molecule has 136 valence electrons. The van der Waals surface area contributed by atoms with Crippen LogP contribution in [0.5, 0.6) is 0 Å². The zero-order valence-electron chi connectivity index (χ0n) is 15.9. The predicted molar refractivity (Wildman–Crippen MR) is 104 cm³/mol. The van der Waals surface area contributed by atoms with E-state index < -0.39 is 6.04 Å². The third kappa shape index (κ3) is 3.50. The van der Waals surface area contributed by atoms with Gasteiger partial charge in [0, 0.05) is 17.8 Å². The summed E-state index contributed by atoms with van der Waals surface area (Å²) in [7, 11) is 0. The Morgan fingerprint density at radius 3 is 2.54 bits per heavy atom. The molecule has 0 saturated heterocycles. The van der Waals surface area contributed by atoms with Crippen molar-refractivity contribution in [1.82, 2.24) is 4.90 Å². The predicted octanol–water partition coefficient (Wildman–Crippen LogP) is 4.31. The number of anilines is 1. The van der Waals surface area contributed by atoms with Crippen LogP contribution >= 0.6 is 0 Å². The molecule has 0 radical (unpaired) electrons. The topological polar surface area (TPSA) is 49.4 Å². The number of carbonyl (C=O) groups is 2. The maximum absolute atomic E-state index is 13.1. The second-order valence-electron chi connectivity index (χ2n) is 7.47. The van der Waals surface area contributed by atoms with Gasteiger partial charge in [-0.15, -0.1) is 0 Å². The fourth-order valence-electron chi connectivity index (χ4n) is 3.45. The second kappa shape index (κ2) is 7.32. The van der Waals surface area contributed by atoms with Gasteiger partial charge in [0.1, 0.15) is 6.04 Å². The summed E-state index contributed by atoms with van der Waals surface area (Å²) in [6, 6.07) is 13.0. The zero-order valence-corrected chi connectivity index (χ0v) is 15.9. The molecule has 0 aliphatic carbocycles. The molecule has 26 heavy (non-hydrogen) atoms. The van der Waals surface area contributed by atoms with E-state index in [4.69, 9.17) is 0 Å². The molecule has 2 amide bonds. The van der Waals surface area contributed by atoms with E-state index in [9.17, 15) is 9.59 Å². The molecule has 2 aromatic rings. The Morgan fingerprint density at radius 2 is 1.85 bits per heavy atom. The number of carbonyl (C=O) groups excluding carboxylic acids is 2. The second-order valence-corrected chi connectivity index (χ2v) is 7.47. The molecule has 0 fully saturated rings. The van der Waals surface area contributed by atoms with Crippen LogP contribution in [0.15, 0.2) is 42.5 Å². The number of hydrogen-bond donors (Lipinski definition) is 1. The van der Waals surface area contributed by atoms with Crippen LogP contribution in [0, 0.1) is 19.8 Å². The minimum absolute atomic E-state index is 0.0534. The van der Waals surface area contributed by atoms with Crippen LogP contribution < -0.4 is 5.32 Å². The highest BCUT2D eigenvalue weighted by Gasteiger charge is 2.36. The Labute approximate surface area is 155 Å². The first-order chi connectivity index (χ1) is 12.4. The number of fused-ring (bicyclic) bond motifs is 1. The molecule has 1 heterocycles. The Hall–Kier alpha value is -2.62. The van der Waals surface area contributed by atoms with Gasteiger partial charge < -0.3 is 10.2 Å². The summed E-state index contributed by atoms with van der Waals surface area (Å²) in [5.41, 5.74) is 4.70. The summed E-state index contributed by atoms with van der Waals surface area (Å²) in [6.07, 6.45) is 0.635. The molecule has 0 saturated carbocycles. The molecule has 3 rings (SSSR count). The number of nitrogens with zero attached hydrogens (tertiary/aromatic N) is 1. The molecule has 0 aromatic heterocycles. The molecular formula is C22H26N2O2. The highest BCUT2D eigenvalue weighted by atomic mass is 16.2. The van der Waals surface area contributed by atoms with Gasteiger partial charge in [-0.05, 0) is 55.0 Å². The van der Waals surface area contributed by atoms with Gasteiger partial charge in [0.05, 0.1) is 0 Å². The van der Waals surface area contributed by atoms with Gasteiger partial charge in [0.2, 0.25) is 5.91 Å². The van der Waals surface area contributed by atoms with Crippen LogP contribution in [-0.2, 0) is 11.3 Å². The molecule has 0 spiro atoms. The average molecular weight is 350 g/mol. The van der Waals surface area contributed by atoms with Crippen molar-refractivity contribution < 1.29 is 9.59 Å². The molecule has 4 heteroatoms. The average Bonchev–Trinajstić information content (AvgIpc) is 2.93. The lowest BCUT2D eigenvalue weighted by Gasteiger charge is -2.28. The lowest BCUT2D eigenvalue weighted by molar-refractivity contribution is -0.121. The van der Waals surface area contributed by atoms with Crippen LogP contribution in [-0.4, -0.2) is 22.8 Å². The molecule has 0 unspecified atom stereocenters. The van der Waals surface area contributed by atoms with Gasteiger partial charge in [-0.2, -0.15) is 0 Å². The van der Waals surface area contributed by atoms with Gasteiger partial charge in [0.25, 0.3) is 5.91 Å². The van der Waals surface area contributed by atoms with E-state index in [-0.39, 0.29) is 11.8 Å². The Kier molecular flexibility index (Phi) is 5.12. The smallest absolute Gasteiger partial charge is 0.255 e. The number of rotatable bonds is 5. The van der Waals surface area contributed by atoms with E-state index in [0.29, 0.717) is 24.4 Å². The summed E-state index contributed by atoms with van der Waals surface area (Å²) in [6.45, 7) is 8.67. The molecule has 1 aliphatic heterocycles. The standard InChI is InChI=1S/C22H26N2O2/c1-14(2)12-20(21(25)23-19-11-7-8-15(3)16(19)4)24-13-17-9-5-6-10-18(17)22(24)26/h5-11,14,20H,12-13H2,1-4H3,(H,23,25)/t20-/m1/s1. The van der Waals surface area contributed by atoms with Crippen LogP contribution in [0.4, 0.5) is 5.69 Å². The summed E-state index contributed by atoms with van der Waals surface area (Å²) in [4.78, 5) is 27.6. The summed E-state index contributed by atoms with van der Waals surface area (Å²) >= 11 is 0. The van der Waals surface area contributed by atoms with E-state index in [0.717, 1.165) is 22.4 Å². The van der Waals surface area contributed by atoms with E-state index >= 15 is 0 Å². The third-order valence-electron chi connectivity index (χ3n) is 5.09. The number of nitrogens with one attached hydrogen (secondary N) is 1. The Morgan fingerprint density at radius 1 is 1.12 bits per heavy atom. The van der Waals surface area contributed by atoms with E-state index in [1.54, 1.807) is 4.90 Å². The molecule has 1 aliphatic rings.